The van der Waals surface area contributed by atoms with Crippen LogP contribution in [0.25, 0.3) is 0 Å². The smallest absolute Gasteiger partial charge is 0.358 e. The molecule has 0 N–H and O–H groups in total. The summed E-state index contributed by atoms with van der Waals surface area (Å²) in [4.78, 5) is 0. The van der Waals surface area contributed by atoms with Gasteiger partial charge in [0, 0.05) is 0 Å². The van der Waals surface area contributed by atoms with Crippen molar-refractivity contribution in [2.75, 3.05) is 0 Å². The van der Waals surface area contributed by atoms with Crippen LogP contribution < -0.4 is 0 Å². The van der Waals surface area contributed by atoms with Crippen LogP contribution in [0.4, 0.5) is 0 Å². The second-order valence-corrected chi connectivity index (χ2v) is 1.47. The molecule has 0 unspecified atom stereocenters. The Labute approximate surface area is 81.3 Å². The van der Waals surface area contributed by atoms with E-state index in [2.05, 4.69) is 25.2 Å². The molecule has 0 aliphatic heterocycles. The van der Waals surface area contributed by atoms with Crippen LogP contribution in [-0.4, -0.2) is 0 Å². The van der Waals surface area contributed by atoms with Crippen LogP contribution in [0.5, 0.6) is 0 Å². The second kappa shape index (κ2) is 11.9. The average molecular weight is 172 g/mol. The van der Waals surface area contributed by atoms with Gasteiger partial charge in [-0.3, -0.25) is 6.08 Å². The molecule has 56 valence electrons. The minimum Gasteiger partial charge on any atom is -0.358 e. The zero-order valence-electron chi connectivity index (χ0n) is 7.36. The fourth-order valence-corrected chi connectivity index (χ4v) is 0.515. The third-order valence-corrected chi connectivity index (χ3v) is 0.867. The van der Waals surface area contributed by atoms with Crippen LogP contribution >= 0.6 is 0 Å². The molecule has 0 aromatic heterocycles. The van der Waals surface area contributed by atoms with Crippen molar-refractivity contribution in [1.29, 1.82) is 0 Å². The molecule has 0 fully saturated rings. The average Bonchev–Trinajstić information content (AvgIpc) is 1.86. The first-order valence-corrected chi connectivity index (χ1v) is 2.13. The summed E-state index contributed by atoms with van der Waals surface area (Å²) >= 11 is 0. The maximum Gasteiger partial charge on any atom is 4.00 e. The Morgan fingerprint density at radius 1 is 1.30 bits per heavy atom. The van der Waals surface area contributed by atoms with Gasteiger partial charge in [-0.2, -0.15) is 6.08 Å². The van der Waals surface area contributed by atoms with Gasteiger partial charge < -0.3 is 22.3 Å². The van der Waals surface area contributed by atoms with Gasteiger partial charge in [-0.1, -0.05) is 6.92 Å². The van der Waals surface area contributed by atoms with E-state index in [0.717, 1.165) is 6.42 Å². The Balaban J connectivity index is -0.0000000450. The number of allylic oxidation sites excluding steroid dienone is 4. The molecule has 0 saturated carbocycles. The van der Waals surface area contributed by atoms with Crippen molar-refractivity contribution in [2.45, 2.75) is 13.3 Å². The van der Waals surface area contributed by atoms with Gasteiger partial charge in [0.05, 0.1) is 0 Å². The van der Waals surface area contributed by atoms with E-state index < -0.39 is 0 Å². The molecule has 1 aliphatic carbocycles. The van der Waals surface area contributed by atoms with Gasteiger partial charge in [0.1, 0.15) is 0 Å². The van der Waals surface area contributed by atoms with Crippen LogP contribution in [0.2, 0.25) is 0 Å². The zero-order valence-corrected chi connectivity index (χ0v) is 8.92. The fourth-order valence-electron chi connectivity index (χ4n) is 0.515. The molecular weight excluding hydrogens is 156 g/mol. The molecule has 0 amide bonds. The summed E-state index contributed by atoms with van der Waals surface area (Å²) < 4.78 is 0. The Hall–Kier alpha value is 0.194. The summed E-state index contributed by atoms with van der Waals surface area (Å²) in [6.07, 6.45) is 8.33. The minimum absolute atomic E-state index is 0. The van der Waals surface area contributed by atoms with E-state index >= 15 is 0 Å². The largest absolute Gasteiger partial charge is 4.00 e. The predicted molar refractivity (Wildman–Crippen MR) is 45.4 cm³/mol. The molecule has 0 nitrogen and oxygen atoms in total. The second-order valence-electron chi connectivity index (χ2n) is 1.47. The SMILES string of the molecule is CC1=[C-]CC=C1.[CH3-].[CH3-].[CH3-].[Ti+4]. The van der Waals surface area contributed by atoms with Crippen LogP contribution in [0.3, 0.4) is 0 Å². The molecule has 0 radical (unpaired) electrons. The molecule has 1 heteroatoms. The monoisotopic (exact) mass is 172 g/mol. The standard InChI is InChI=1S/C6H7.3CH3.Ti/c1-6-4-2-3-5-6;;;;/h2,4H,3H2,1H3;3*1H3;/q4*-1;+4. The van der Waals surface area contributed by atoms with Gasteiger partial charge in [0.15, 0.2) is 0 Å². The molecule has 0 spiro atoms. The van der Waals surface area contributed by atoms with Crippen molar-refractivity contribution >= 4 is 0 Å². The van der Waals surface area contributed by atoms with E-state index in [4.69, 9.17) is 0 Å². The molecule has 1 aliphatic rings. The summed E-state index contributed by atoms with van der Waals surface area (Å²) in [5.41, 5.74) is 1.27. The maximum atomic E-state index is 3.12. The zero-order chi connectivity index (χ0) is 4.41. The topological polar surface area (TPSA) is 0 Å². The van der Waals surface area contributed by atoms with Crippen LogP contribution in [-0.2, 0) is 21.7 Å². The van der Waals surface area contributed by atoms with E-state index in [0.29, 0.717) is 0 Å². The molecule has 0 atom stereocenters. The third kappa shape index (κ3) is 8.19. The molecule has 0 heterocycles. The predicted octanol–water partition coefficient (Wildman–Crippen LogP) is 3.04. The van der Waals surface area contributed by atoms with E-state index in [9.17, 15) is 0 Å². The van der Waals surface area contributed by atoms with E-state index in [-0.39, 0.29) is 44.0 Å². The molecule has 0 saturated heterocycles. The summed E-state index contributed by atoms with van der Waals surface area (Å²) in [6, 6.07) is 0. The molecule has 1 rings (SSSR count). The van der Waals surface area contributed by atoms with Gasteiger partial charge in [0.25, 0.3) is 0 Å². The normalized spacial score (nSPS) is 11.1. The van der Waals surface area contributed by atoms with Gasteiger partial charge in [0.2, 0.25) is 0 Å². The van der Waals surface area contributed by atoms with Crippen molar-refractivity contribution in [2.24, 2.45) is 0 Å². The van der Waals surface area contributed by atoms with Gasteiger partial charge in [-0.15, -0.1) is 6.42 Å². The Kier molecular flexibility index (Phi) is 26.8. The summed E-state index contributed by atoms with van der Waals surface area (Å²) in [5.74, 6) is 0. The van der Waals surface area contributed by atoms with Crippen LogP contribution in [0.1, 0.15) is 13.3 Å². The van der Waals surface area contributed by atoms with Gasteiger partial charge in [-0.05, 0) is 0 Å². The van der Waals surface area contributed by atoms with Crippen LogP contribution in [0.15, 0.2) is 17.7 Å². The first kappa shape index (κ1) is 22.5. The number of rotatable bonds is 0. The number of hydrogen-bond acceptors (Lipinski definition) is 0. The summed E-state index contributed by atoms with van der Waals surface area (Å²) in [7, 11) is 0. The van der Waals surface area contributed by atoms with Crippen molar-refractivity contribution < 1.29 is 21.7 Å². The quantitative estimate of drug-likeness (QED) is 0.389. The summed E-state index contributed by atoms with van der Waals surface area (Å²) in [6.45, 7) is 2.06. The van der Waals surface area contributed by atoms with Crippen molar-refractivity contribution in [3.8, 4) is 0 Å². The first-order valence-electron chi connectivity index (χ1n) is 2.13. The summed E-state index contributed by atoms with van der Waals surface area (Å²) in [5, 5.41) is 0. The minimum atomic E-state index is 0. The van der Waals surface area contributed by atoms with Crippen molar-refractivity contribution in [3.05, 3.63) is 46.1 Å². The Bertz CT molecular complexity index is 98.5. The van der Waals surface area contributed by atoms with Crippen LogP contribution in [0, 0.1) is 28.4 Å². The van der Waals surface area contributed by atoms with Crippen molar-refractivity contribution in [3.63, 3.8) is 0 Å². The van der Waals surface area contributed by atoms with Gasteiger partial charge >= 0.3 is 21.7 Å². The molecular formula is C9H16Ti. The van der Waals surface area contributed by atoms with Gasteiger partial charge in [-0.25, -0.2) is 11.6 Å². The Morgan fingerprint density at radius 2 is 1.80 bits per heavy atom. The third-order valence-electron chi connectivity index (χ3n) is 0.867. The molecule has 0 bridgehead atoms. The molecule has 0 aromatic carbocycles. The Morgan fingerprint density at radius 3 is 1.90 bits per heavy atom. The fraction of sp³-hybridized carbons (Fsp3) is 0.222. The maximum absolute atomic E-state index is 3.12. The van der Waals surface area contributed by atoms with E-state index in [1.54, 1.807) is 0 Å². The van der Waals surface area contributed by atoms with E-state index in [1.165, 1.54) is 5.57 Å². The first-order chi connectivity index (χ1) is 2.89. The van der Waals surface area contributed by atoms with Crippen molar-refractivity contribution in [1.82, 2.24) is 0 Å². The number of hydrogen-bond donors (Lipinski definition) is 0. The molecule has 0 aromatic rings. The van der Waals surface area contributed by atoms with E-state index in [1.807, 2.05) is 0 Å². The molecule has 10 heavy (non-hydrogen) atoms.